The molecule has 0 heterocycles. The Balaban J connectivity index is 2.19. The summed E-state index contributed by atoms with van der Waals surface area (Å²) in [5, 5.41) is 10.5. The Kier molecular flexibility index (Phi) is 4.50. The highest BCUT2D eigenvalue weighted by Crippen LogP contribution is 1.99. The van der Waals surface area contributed by atoms with Gasteiger partial charge in [-0.1, -0.05) is 30.3 Å². The number of amides is 1. The number of alkyl carbamates (subject to hydrolysis) is 1. The molecule has 4 nitrogen and oxygen atoms in total. The number of benzene rings is 1. The van der Waals surface area contributed by atoms with Crippen LogP contribution in [0.4, 0.5) is 4.79 Å². The van der Waals surface area contributed by atoms with Crippen LogP contribution in [0.25, 0.3) is 0 Å². The number of ether oxygens (including phenoxy) is 1. The highest BCUT2D eigenvalue weighted by atomic mass is 16.5. The maximum atomic E-state index is 10.7. The average molecular weight is 195 g/mol. The van der Waals surface area contributed by atoms with Gasteiger partial charge in [0.25, 0.3) is 0 Å². The molecule has 2 N–H and O–H groups in total. The van der Waals surface area contributed by atoms with Crippen molar-refractivity contribution in [1.82, 2.24) is 5.32 Å². The Bertz CT molecular complexity index is 274. The highest BCUT2D eigenvalue weighted by molar-refractivity contribution is 5.66. The van der Waals surface area contributed by atoms with E-state index in [1.54, 1.807) is 0 Å². The lowest BCUT2D eigenvalue weighted by Gasteiger charge is -2.04. The summed E-state index contributed by atoms with van der Waals surface area (Å²) in [6, 6.07) is 9.73. The van der Waals surface area contributed by atoms with Crippen LogP contribution in [0.5, 0.6) is 0 Å². The van der Waals surface area contributed by atoms with E-state index in [4.69, 9.17) is 9.84 Å². The summed E-state index contributed by atoms with van der Waals surface area (Å²) < 4.78 is 4.78. The van der Waals surface area contributed by atoms with Crippen molar-refractivity contribution < 1.29 is 14.6 Å². The highest BCUT2D eigenvalue weighted by Gasteiger charge is 1.99. The third-order valence-corrected chi connectivity index (χ3v) is 1.69. The van der Waals surface area contributed by atoms with Crippen LogP contribution in [0, 0.1) is 0 Å². The molecule has 0 bridgehead atoms. The predicted molar refractivity (Wildman–Crippen MR) is 51.7 cm³/mol. The van der Waals surface area contributed by atoms with Crippen molar-refractivity contribution in [2.75, 3.05) is 13.3 Å². The topological polar surface area (TPSA) is 58.6 Å². The van der Waals surface area contributed by atoms with E-state index in [1.165, 1.54) is 0 Å². The summed E-state index contributed by atoms with van der Waals surface area (Å²) in [5.74, 6) is 0. The Morgan fingerprint density at radius 1 is 1.36 bits per heavy atom. The van der Waals surface area contributed by atoms with E-state index < -0.39 is 12.8 Å². The van der Waals surface area contributed by atoms with E-state index in [1.807, 2.05) is 30.3 Å². The van der Waals surface area contributed by atoms with Gasteiger partial charge >= 0.3 is 6.09 Å². The zero-order valence-corrected chi connectivity index (χ0v) is 7.77. The van der Waals surface area contributed by atoms with Crippen LogP contribution >= 0.6 is 0 Å². The van der Waals surface area contributed by atoms with E-state index in [-0.39, 0.29) is 0 Å². The summed E-state index contributed by atoms with van der Waals surface area (Å²) in [5.41, 5.74) is 1.12. The molecule has 1 amide bonds. The summed E-state index contributed by atoms with van der Waals surface area (Å²) in [6.45, 7) is -0.0833. The van der Waals surface area contributed by atoms with E-state index in [0.29, 0.717) is 13.0 Å². The van der Waals surface area contributed by atoms with Gasteiger partial charge in [0.15, 0.2) is 0 Å². The number of carbonyl (C=O) groups excluding carboxylic acids is 1. The second-order valence-electron chi connectivity index (χ2n) is 2.71. The van der Waals surface area contributed by atoms with Crippen molar-refractivity contribution in [3.05, 3.63) is 35.9 Å². The van der Waals surface area contributed by atoms with E-state index in [2.05, 4.69) is 5.32 Å². The van der Waals surface area contributed by atoms with Gasteiger partial charge in [-0.25, -0.2) is 4.79 Å². The van der Waals surface area contributed by atoms with Gasteiger partial charge in [0.1, 0.15) is 6.73 Å². The standard InChI is InChI=1S/C10H13NO3/c12-8-11-10(13)14-7-6-9-4-2-1-3-5-9/h1-5,12H,6-8H2,(H,11,13). The molecule has 0 aliphatic rings. The molecule has 0 aromatic heterocycles. The fourth-order valence-corrected chi connectivity index (χ4v) is 1.02. The van der Waals surface area contributed by atoms with Gasteiger partial charge in [0.2, 0.25) is 0 Å². The van der Waals surface area contributed by atoms with Gasteiger partial charge in [-0.15, -0.1) is 0 Å². The Hall–Kier alpha value is -1.55. The van der Waals surface area contributed by atoms with Gasteiger partial charge in [-0.3, -0.25) is 5.32 Å². The van der Waals surface area contributed by atoms with Crippen LogP contribution in [0.2, 0.25) is 0 Å². The maximum Gasteiger partial charge on any atom is 0.408 e. The molecule has 0 atom stereocenters. The molecule has 0 spiro atoms. The Morgan fingerprint density at radius 3 is 2.71 bits per heavy atom. The smallest absolute Gasteiger partial charge is 0.408 e. The Morgan fingerprint density at radius 2 is 2.07 bits per heavy atom. The van der Waals surface area contributed by atoms with Crippen LogP contribution in [-0.4, -0.2) is 24.5 Å². The zero-order valence-electron chi connectivity index (χ0n) is 7.77. The number of hydrogen-bond acceptors (Lipinski definition) is 3. The molecule has 14 heavy (non-hydrogen) atoms. The molecule has 0 unspecified atom stereocenters. The molecular formula is C10H13NO3. The van der Waals surface area contributed by atoms with Gasteiger partial charge in [0, 0.05) is 6.42 Å². The van der Waals surface area contributed by atoms with Crippen molar-refractivity contribution in [2.45, 2.75) is 6.42 Å². The van der Waals surface area contributed by atoms with Crippen LogP contribution in [0.15, 0.2) is 30.3 Å². The monoisotopic (exact) mass is 195 g/mol. The quantitative estimate of drug-likeness (QED) is 0.702. The number of rotatable bonds is 4. The van der Waals surface area contributed by atoms with Gasteiger partial charge in [-0.2, -0.15) is 0 Å². The first kappa shape index (κ1) is 10.5. The van der Waals surface area contributed by atoms with E-state index in [0.717, 1.165) is 5.56 Å². The summed E-state index contributed by atoms with van der Waals surface area (Å²) in [7, 11) is 0. The molecule has 0 saturated carbocycles. The lowest BCUT2D eigenvalue weighted by molar-refractivity contribution is 0.134. The normalized spacial score (nSPS) is 9.50. The molecule has 0 aliphatic carbocycles. The first-order chi connectivity index (χ1) is 6.83. The average Bonchev–Trinajstić information content (AvgIpc) is 2.20. The molecule has 76 valence electrons. The molecule has 0 fully saturated rings. The summed E-state index contributed by atoms with van der Waals surface area (Å²) >= 11 is 0. The number of aliphatic hydroxyl groups is 1. The molecule has 1 rings (SSSR count). The number of hydrogen-bond donors (Lipinski definition) is 2. The van der Waals surface area contributed by atoms with E-state index >= 15 is 0 Å². The second kappa shape index (κ2) is 5.99. The minimum absolute atomic E-state index is 0.315. The van der Waals surface area contributed by atoms with Crippen LogP contribution in [0.3, 0.4) is 0 Å². The fourth-order valence-electron chi connectivity index (χ4n) is 1.02. The molecule has 1 aromatic rings. The minimum Gasteiger partial charge on any atom is -0.449 e. The second-order valence-corrected chi connectivity index (χ2v) is 2.71. The van der Waals surface area contributed by atoms with Crippen molar-refractivity contribution in [3.63, 3.8) is 0 Å². The summed E-state index contributed by atoms with van der Waals surface area (Å²) in [4.78, 5) is 10.7. The van der Waals surface area contributed by atoms with Crippen LogP contribution < -0.4 is 5.32 Å². The van der Waals surface area contributed by atoms with Crippen molar-refractivity contribution in [2.24, 2.45) is 0 Å². The van der Waals surface area contributed by atoms with E-state index in [9.17, 15) is 4.79 Å². The Labute approximate surface area is 82.5 Å². The first-order valence-corrected chi connectivity index (χ1v) is 4.38. The molecule has 1 aromatic carbocycles. The molecule has 4 heteroatoms. The number of carbonyl (C=O) groups is 1. The van der Waals surface area contributed by atoms with Gasteiger partial charge in [-0.05, 0) is 5.56 Å². The van der Waals surface area contributed by atoms with Gasteiger partial charge in [0.05, 0.1) is 6.61 Å². The van der Waals surface area contributed by atoms with Gasteiger partial charge < -0.3 is 9.84 Å². The third-order valence-electron chi connectivity index (χ3n) is 1.69. The van der Waals surface area contributed by atoms with Crippen LogP contribution in [-0.2, 0) is 11.2 Å². The molecule has 0 aliphatic heterocycles. The third kappa shape index (κ3) is 3.91. The predicted octanol–water partition coefficient (Wildman–Crippen LogP) is 0.905. The lowest BCUT2D eigenvalue weighted by Crippen LogP contribution is -2.25. The minimum atomic E-state index is -0.594. The van der Waals surface area contributed by atoms with Crippen molar-refractivity contribution in [3.8, 4) is 0 Å². The maximum absolute atomic E-state index is 10.7. The molecule has 0 saturated heterocycles. The van der Waals surface area contributed by atoms with Crippen molar-refractivity contribution in [1.29, 1.82) is 0 Å². The fraction of sp³-hybridized carbons (Fsp3) is 0.300. The lowest BCUT2D eigenvalue weighted by atomic mass is 10.2. The zero-order chi connectivity index (χ0) is 10.2. The first-order valence-electron chi connectivity index (χ1n) is 4.38. The summed E-state index contributed by atoms with van der Waals surface area (Å²) in [6.07, 6.45) is 0.0862. The number of nitrogens with one attached hydrogen (secondary N) is 1. The molecular weight excluding hydrogens is 182 g/mol. The number of aliphatic hydroxyl groups excluding tert-OH is 1. The molecule has 0 radical (unpaired) electrons. The van der Waals surface area contributed by atoms with Crippen molar-refractivity contribution >= 4 is 6.09 Å². The van der Waals surface area contributed by atoms with Crippen LogP contribution in [0.1, 0.15) is 5.56 Å². The SMILES string of the molecule is O=C(NCO)OCCc1ccccc1. The largest absolute Gasteiger partial charge is 0.449 e.